The van der Waals surface area contributed by atoms with Gasteiger partial charge in [0, 0.05) is 17.3 Å². The zero-order valence-corrected chi connectivity index (χ0v) is 12.9. The molecule has 2 aromatic carbocycles. The molecule has 0 aliphatic carbocycles. The van der Waals surface area contributed by atoms with Gasteiger partial charge in [-0.15, -0.1) is 0 Å². The molecule has 0 heterocycles. The van der Waals surface area contributed by atoms with Crippen LogP contribution in [0.4, 0.5) is 5.69 Å². The molecule has 2 rings (SSSR count). The highest BCUT2D eigenvalue weighted by Crippen LogP contribution is 2.36. The molecule has 1 N–H and O–H groups in total. The number of aliphatic imine (C=N–C) groups is 1. The van der Waals surface area contributed by atoms with Crippen LogP contribution in [0, 0.1) is 0 Å². The fourth-order valence-electron chi connectivity index (χ4n) is 2.08. The number of ether oxygens (including phenoxy) is 1. The van der Waals surface area contributed by atoms with Gasteiger partial charge in [0.1, 0.15) is 11.5 Å². The first-order valence-corrected chi connectivity index (χ1v) is 6.92. The molecule has 110 valence electrons. The van der Waals surface area contributed by atoms with E-state index in [1.54, 1.807) is 19.4 Å². The van der Waals surface area contributed by atoms with Crippen molar-refractivity contribution in [2.75, 3.05) is 7.11 Å². The second-order valence-electron chi connectivity index (χ2n) is 5.96. The van der Waals surface area contributed by atoms with Crippen LogP contribution in [0.15, 0.2) is 47.5 Å². The largest absolute Gasteiger partial charge is 0.507 e. The van der Waals surface area contributed by atoms with E-state index < -0.39 is 0 Å². The minimum absolute atomic E-state index is 0.173. The molecule has 0 aromatic heterocycles. The lowest BCUT2D eigenvalue weighted by atomic mass is 9.85. The van der Waals surface area contributed by atoms with Gasteiger partial charge in [-0.25, -0.2) is 0 Å². The fourth-order valence-corrected chi connectivity index (χ4v) is 2.08. The minimum atomic E-state index is -0.173. The summed E-state index contributed by atoms with van der Waals surface area (Å²) in [6.45, 7) is 6.17. The molecule has 0 saturated carbocycles. The van der Waals surface area contributed by atoms with Crippen molar-refractivity contribution in [3.63, 3.8) is 0 Å². The average Bonchev–Trinajstić information content (AvgIpc) is 2.46. The average molecular weight is 283 g/mol. The first kappa shape index (κ1) is 15.1. The fraction of sp³-hybridized carbons (Fsp3) is 0.278. The van der Waals surface area contributed by atoms with Gasteiger partial charge >= 0.3 is 0 Å². The maximum Gasteiger partial charge on any atom is 0.128 e. The Balaban J connectivity index is 2.46. The summed E-state index contributed by atoms with van der Waals surface area (Å²) in [6, 6.07) is 13.3. The van der Waals surface area contributed by atoms with Crippen LogP contribution in [0.25, 0.3) is 0 Å². The molecule has 0 amide bonds. The van der Waals surface area contributed by atoms with Crippen LogP contribution >= 0.6 is 0 Å². The molecule has 3 nitrogen and oxygen atoms in total. The number of nitrogens with zero attached hydrogens (tertiary/aromatic N) is 1. The summed E-state index contributed by atoms with van der Waals surface area (Å²) >= 11 is 0. The number of hydrogen-bond acceptors (Lipinski definition) is 3. The van der Waals surface area contributed by atoms with E-state index in [4.69, 9.17) is 4.74 Å². The zero-order chi connectivity index (χ0) is 15.5. The number of hydrogen-bond donors (Lipinski definition) is 1. The van der Waals surface area contributed by atoms with Crippen molar-refractivity contribution < 1.29 is 9.84 Å². The quantitative estimate of drug-likeness (QED) is 0.846. The van der Waals surface area contributed by atoms with Crippen molar-refractivity contribution in [1.82, 2.24) is 0 Å². The Kier molecular flexibility index (Phi) is 4.32. The number of rotatable bonds is 3. The van der Waals surface area contributed by atoms with Crippen molar-refractivity contribution in [2.24, 2.45) is 4.99 Å². The lowest BCUT2D eigenvalue weighted by molar-refractivity contribution is 0.405. The molecule has 2 aromatic rings. The Bertz CT molecular complexity index is 640. The first-order valence-electron chi connectivity index (χ1n) is 6.92. The molecule has 0 saturated heterocycles. The Morgan fingerprint density at radius 1 is 1.10 bits per heavy atom. The zero-order valence-electron chi connectivity index (χ0n) is 12.9. The van der Waals surface area contributed by atoms with Crippen LogP contribution < -0.4 is 4.74 Å². The van der Waals surface area contributed by atoms with E-state index in [0.29, 0.717) is 11.3 Å². The van der Waals surface area contributed by atoms with Crippen LogP contribution in [0.2, 0.25) is 0 Å². The normalized spacial score (nSPS) is 11.8. The Hall–Kier alpha value is -2.29. The van der Waals surface area contributed by atoms with E-state index in [2.05, 4.69) is 25.8 Å². The van der Waals surface area contributed by atoms with Gasteiger partial charge < -0.3 is 9.84 Å². The van der Waals surface area contributed by atoms with Crippen LogP contribution in [0.1, 0.15) is 31.9 Å². The number of methoxy groups -OCH3 is 1. The SMILES string of the molecule is COc1cc(C=Nc2ccccc2)c(O)c(C(C)(C)C)c1. The second-order valence-corrected chi connectivity index (χ2v) is 5.96. The van der Waals surface area contributed by atoms with Crippen molar-refractivity contribution >= 4 is 11.9 Å². The summed E-state index contributed by atoms with van der Waals surface area (Å²) in [4.78, 5) is 4.40. The van der Waals surface area contributed by atoms with E-state index in [1.165, 1.54) is 0 Å². The lowest BCUT2D eigenvalue weighted by Gasteiger charge is -2.22. The van der Waals surface area contributed by atoms with Crippen LogP contribution in [0.5, 0.6) is 11.5 Å². The molecule has 0 bridgehead atoms. The van der Waals surface area contributed by atoms with Gasteiger partial charge in [-0.05, 0) is 29.7 Å². The van der Waals surface area contributed by atoms with Gasteiger partial charge in [-0.1, -0.05) is 39.0 Å². The van der Waals surface area contributed by atoms with Crippen molar-refractivity contribution in [3.8, 4) is 11.5 Å². The predicted octanol–water partition coefficient (Wildman–Crippen LogP) is 4.45. The maximum atomic E-state index is 10.5. The molecule has 0 unspecified atom stereocenters. The standard InChI is InChI=1S/C18H21NO2/c1-18(2,3)16-11-15(21-4)10-13(17(16)20)12-19-14-8-6-5-7-9-14/h5-12,20H,1-4H3. The lowest BCUT2D eigenvalue weighted by Crippen LogP contribution is -2.12. The topological polar surface area (TPSA) is 41.8 Å². The van der Waals surface area contributed by atoms with E-state index in [0.717, 1.165) is 11.3 Å². The molecule has 0 spiro atoms. The monoisotopic (exact) mass is 283 g/mol. The summed E-state index contributed by atoms with van der Waals surface area (Å²) in [5.41, 5.74) is 2.17. The third kappa shape index (κ3) is 3.63. The summed E-state index contributed by atoms with van der Waals surface area (Å²) in [5.74, 6) is 0.968. The van der Waals surface area contributed by atoms with Crippen LogP contribution in [0.3, 0.4) is 0 Å². The van der Waals surface area contributed by atoms with Crippen LogP contribution in [-0.4, -0.2) is 18.4 Å². The number of aromatic hydroxyl groups is 1. The molecule has 0 aliphatic rings. The summed E-state index contributed by atoms with van der Waals surface area (Å²) in [7, 11) is 1.62. The number of benzene rings is 2. The van der Waals surface area contributed by atoms with Gasteiger partial charge in [0.15, 0.2) is 0 Å². The van der Waals surface area contributed by atoms with Crippen molar-refractivity contribution in [3.05, 3.63) is 53.6 Å². The molecular weight excluding hydrogens is 262 g/mol. The second kappa shape index (κ2) is 6.00. The highest BCUT2D eigenvalue weighted by Gasteiger charge is 2.21. The summed E-state index contributed by atoms with van der Waals surface area (Å²) < 4.78 is 5.32. The van der Waals surface area contributed by atoms with Gasteiger partial charge in [-0.2, -0.15) is 0 Å². The molecule has 0 atom stereocenters. The molecule has 3 heteroatoms. The third-order valence-corrected chi connectivity index (χ3v) is 3.27. The smallest absolute Gasteiger partial charge is 0.128 e. The molecule has 0 radical (unpaired) electrons. The van der Waals surface area contributed by atoms with Gasteiger partial charge in [0.05, 0.1) is 12.8 Å². The first-order chi connectivity index (χ1) is 9.91. The Morgan fingerprint density at radius 3 is 2.33 bits per heavy atom. The molecule has 0 fully saturated rings. The maximum absolute atomic E-state index is 10.5. The van der Waals surface area contributed by atoms with Crippen molar-refractivity contribution in [2.45, 2.75) is 26.2 Å². The number of phenols is 1. The summed E-state index contributed by atoms with van der Waals surface area (Å²) in [6.07, 6.45) is 1.67. The highest BCUT2D eigenvalue weighted by molar-refractivity contribution is 5.87. The number of para-hydroxylation sites is 1. The van der Waals surface area contributed by atoms with Crippen molar-refractivity contribution in [1.29, 1.82) is 0 Å². The van der Waals surface area contributed by atoms with Gasteiger partial charge in [0.25, 0.3) is 0 Å². The van der Waals surface area contributed by atoms with E-state index in [9.17, 15) is 5.11 Å². The van der Waals surface area contributed by atoms with E-state index in [1.807, 2.05) is 36.4 Å². The third-order valence-electron chi connectivity index (χ3n) is 3.27. The minimum Gasteiger partial charge on any atom is -0.507 e. The Labute approximate surface area is 125 Å². The molecular formula is C18H21NO2. The van der Waals surface area contributed by atoms with E-state index in [-0.39, 0.29) is 11.2 Å². The molecule has 21 heavy (non-hydrogen) atoms. The van der Waals surface area contributed by atoms with Gasteiger partial charge in [0.2, 0.25) is 0 Å². The number of phenolic OH excluding ortho intramolecular Hbond substituents is 1. The Morgan fingerprint density at radius 2 is 1.76 bits per heavy atom. The van der Waals surface area contributed by atoms with E-state index >= 15 is 0 Å². The van der Waals surface area contributed by atoms with Crippen LogP contribution in [-0.2, 0) is 5.41 Å². The molecule has 0 aliphatic heterocycles. The van der Waals surface area contributed by atoms with Gasteiger partial charge in [-0.3, -0.25) is 4.99 Å². The highest BCUT2D eigenvalue weighted by atomic mass is 16.5. The predicted molar refractivity (Wildman–Crippen MR) is 87.1 cm³/mol. The summed E-state index contributed by atoms with van der Waals surface area (Å²) in [5, 5.41) is 10.5.